The van der Waals surface area contributed by atoms with Gasteiger partial charge in [-0.2, -0.15) is 0 Å². The lowest BCUT2D eigenvalue weighted by Gasteiger charge is -2.14. The number of nitrogens with zero attached hydrogens (tertiary/aromatic N) is 1. The Morgan fingerprint density at radius 1 is 1.35 bits per heavy atom. The van der Waals surface area contributed by atoms with E-state index in [1.54, 1.807) is 24.2 Å². The molecule has 1 heterocycles. The third-order valence-corrected chi connectivity index (χ3v) is 2.43. The van der Waals surface area contributed by atoms with Crippen LogP contribution in [0, 0.1) is 5.82 Å². The number of halogens is 1. The van der Waals surface area contributed by atoms with Crippen LogP contribution in [0.2, 0.25) is 0 Å². The minimum Gasteiger partial charge on any atom is -0.464 e. The van der Waals surface area contributed by atoms with Crippen LogP contribution in [0.1, 0.15) is 5.56 Å². The van der Waals surface area contributed by atoms with E-state index in [1.165, 1.54) is 19.2 Å². The fourth-order valence-electron chi connectivity index (χ4n) is 1.62. The number of esters is 1. The van der Waals surface area contributed by atoms with E-state index < -0.39 is 5.97 Å². The van der Waals surface area contributed by atoms with Crippen molar-refractivity contribution in [2.45, 2.75) is 0 Å². The van der Waals surface area contributed by atoms with E-state index >= 15 is 0 Å². The molecule has 0 aliphatic carbocycles. The number of carbonyl (C=O) groups is 1. The van der Waals surface area contributed by atoms with Gasteiger partial charge in [-0.05, 0) is 24.3 Å². The summed E-state index contributed by atoms with van der Waals surface area (Å²) >= 11 is 0. The topological polar surface area (TPSA) is 53.6 Å². The van der Waals surface area contributed by atoms with Gasteiger partial charge in [-0.1, -0.05) is 0 Å². The van der Waals surface area contributed by atoms with Gasteiger partial charge in [0, 0.05) is 12.6 Å². The van der Waals surface area contributed by atoms with Gasteiger partial charge in [0.15, 0.2) is 5.70 Å². The minimum atomic E-state index is -0.485. The molecule has 90 valence electrons. The van der Waals surface area contributed by atoms with Crippen molar-refractivity contribution in [3.8, 4) is 0 Å². The average Bonchev–Trinajstić information content (AvgIpc) is 2.71. The van der Waals surface area contributed by atoms with Gasteiger partial charge in [-0.3, -0.25) is 10.4 Å². The Morgan fingerprint density at radius 2 is 2.00 bits per heavy atom. The molecule has 6 heteroatoms. The Kier molecular flexibility index (Phi) is 2.97. The second kappa shape index (κ2) is 4.42. The number of hydrogen-bond acceptors (Lipinski definition) is 5. The van der Waals surface area contributed by atoms with Crippen molar-refractivity contribution in [2.75, 3.05) is 14.2 Å². The van der Waals surface area contributed by atoms with Gasteiger partial charge in [-0.15, -0.1) is 5.53 Å². The SMILES string of the molecule is COC(=O)C1=C(c2ccc(F)cc2)N(C)NN1. The van der Waals surface area contributed by atoms with E-state index in [1.807, 2.05) is 0 Å². The fraction of sp³-hybridized carbons (Fsp3) is 0.182. The van der Waals surface area contributed by atoms with Crippen molar-refractivity contribution in [3.63, 3.8) is 0 Å². The molecule has 1 aromatic carbocycles. The molecule has 0 atom stereocenters. The van der Waals surface area contributed by atoms with E-state index in [-0.39, 0.29) is 5.82 Å². The van der Waals surface area contributed by atoms with E-state index in [0.717, 1.165) is 0 Å². The molecule has 0 fully saturated rings. The number of hydrogen-bond donors (Lipinski definition) is 2. The van der Waals surface area contributed by atoms with Crippen molar-refractivity contribution in [1.82, 2.24) is 16.0 Å². The number of rotatable bonds is 2. The monoisotopic (exact) mass is 237 g/mol. The molecule has 17 heavy (non-hydrogen) atoms. The molecule has 0 unspecified atom stereocenters. The highest BCUT2D eigenvalue weighted by molar-refractivity contribution is 5.97. The van der Waals surface area contributed by atoms with Gasteiger partial charge in [-0.25, -0.2) is 9.18 Å². The highest BCUT2D eigenvalue weighted by atomic mass is 19.1. The number of methoxy groups -OCH3 is 1. The molecular weight excluding hydrogens is 225 g/mol. The van der Waals surface area contributed by atoms with Gasteiger partial charge in [0.25, 0.3) is 0 Å². The van der Waals surface area contributed by atoms with Crippen molar-refractivity contribution in [3.05, 3.63) is 41.3 Å². The quantitative estimate of drug-likeness (QED) is 0.739. The lowest BCUT2D eigenvalue weighted by atomic mass is 10.1. The zero-order chi connectivity index (χ0) is 12.4. The summed E-state index contributed by atoms with van der Waals surface area (Å²) in [4.78, 5) is 11.5. The summed E-state index contributed by atoms with van der Waals surface area (Å²) in [5.41, 5.74) is 7.09. The molecular formula is C11H12FN3O2. The van der Waals surface area contributed by atoms with Gasteiger partial charge in [0.2, 0.25) is 0 Å². The fourth-order valence-corrected chi connectivity index (χ4v) is 1.62. The van der Waals surface area contributed by atoms with Crippen LogP contribution in [0.15, 0.2) is 30.0 Å². The van der Waals surface area contributed by atoms with E-state index in [0.29, 0.717) is 17.0 Å². The molecule has 0 spiro atoms. The average molecular weight is 237 g/mol. The van der Waals surface area contributed by atoms with Crippen LogP contribution in [0.3, 0.4) is 0 Å². The predicted molar refractivity (Wildman–Crippen MR) is 59.4 cm³/mol. The van der Waals surface area contributed by atoms with Crippen LogP contribution in [-0.2, 0) is 9.53 Å². The molecule has 0 amide bonds. The van der Waals surface area contributed by atoms with Crippen molar-refractivity contribution in [2.24, 2.45) is 0 Å². The molecule has 1 aliphatic rings. The number of nitrogens with one attached hydrogen (secondary N) is 2. The zero-order valence-corrected chi connectivity index (χ0v) is 9.45. The van der Waals surface area contributed by atoms with E-state index in [4.69, 9.17) is 0 Å². The summed E-state index contributed by atoms with van der Waals surface area (Å²) in [5.74, 6) is -0.809. The van der Waals surface area contributed by atoms with Gasteiger partial charge >= 0.3 is 5.97 Å². The highest BCUT2D eigenvalue weighted by Crippen LogP contribution is 2.23. The summed E-state index contributed by atoms with van der Waals surface area (Å²) in [6.45, 7) is 0. The Labute approximate surface area is 97.8 Å². The standard InChI is InChI=1S/C11H12FN3O2/c1-15-10(7-3-5-8(12)6-4-7)9(13-14-15)11(16)17-2/h3-6,13-14H,1-2H3. The van der Waals surface area contributed by atoms with Crippen LogP contribution < -0.4 is 11.0 Å². The van der Waals surface area contributed by atoms with Crippen molar-refractivity contribution in [1.29, 1.82) is 0 Å². The van der Waals surface area contributed by atoms with Crippen LogP contribution >= 0.6 is 0 Å². The molecule has 2 rings (SSSR count). The first kappa shape index (κ1) is 11.4. The number of ether oxygens (including phenoxy) is 1. The summed E-state index contributed by atoms with van der Waals surface area (Å²) in [5, 5.41) is 1.62. The summed E-state index contributed by atoms with van der Waals surface area (Å²) in [6.07, 6.45) is 0. The van der Waals surface area contributed by atoms with Crippen LogP contribution in [0.5, 0.6) is 0 Å². The maximum atomic E-state index is 12.8. The van der Waals surface area contributed by atoms with E-state index in [2.05, 4.69) is 15.7 Å². The maximum Gasteiger partial charge on any atom is 0.357 e. The third-order valence-electron chi connectivity index (χ3n) is 2.43. The highest BCUT2D eigenvalue weighted by Gasteiger charge is 2.26. The maximum absolute atomic E-state index is 12.8. The molecule has 0 aromatic heterocycles. The van der Waals surface area contributed by atoms with Crippen LogP contribution in [0.4, 0.5) is 4.39 Å². The summed E-state index contributed by atoms with van der Waals surface area (Å²) in [7, 11) is 3.04. The first-order valence-electron chi connectivity index (χ1n) is 4.97. The van der Waals surface area contributed by atoms with Gasteiger partial charge < -0.3 is 4.74 Å². The zero-order valence-electron chi connectivity index (χ0n) is 9.45. The first-order valence-corrected chi connectivity index (χ1v) is 4.97. The minimum absolute atomic E-state index is 0.293. The number of hydrazine groups is 2. The summed E-state index contributed by atoms with van der Waals surface area (Å²) < 4.78 is 17.5. The molecule has 0 saturated heterocycles. The second-order valence-electron chi connectivity index (χ2n) is 3.52. The Morgan fingerprint density at radius 3 is 2.59 bits per heavy atom. The number of carbonyl (C=O) groups excluding carboxylic acids is 1. The molecule has 2 N–H and O–H groups in total. The Bertz CT molecular complexity index is 470. The predicted octanol–water partition coefficient (Wildman–Crippen LogP) is 0.622. The molecule has 1 aliphatic heterocycles. The molecule has 0 saturated carbocycles. The Balaban J connectivity index is 2.45. The van der Waals surface area contributed by atoms with Crippen LogP contribution in [-0.4, -0.2) is 25.1 Å². The van der Waals surface area contributed by atoms with Gasteiger partial charge in [0.1, 0.15) is 5.82 Å². The smallest absolute Gasteiger partial charge is 0.357 e. The first-order chi connectivity index (χ1) is 8.13. The van der Waals surface area contributed by atoms with Gasteiger partial charge in [0.05, 0.1) is 12.8 Å². The number of benzene rings is 1. The third kappa shape index (κ3) is 2.07. The van der Waals surface area contributed by atoms with Crippen LogP contribution in [0.25, 0.3) is 5.70 Å². The Hall–Kier alpha value is -2.08. The second-order valence-corrected chi connectivity index (χ2v) is 3.52. The molecule has 0 radical (unpaired) electrons. The van der Waals surface area contributed by atoms with Crippen molar-refractivity contribution < 1.29 is 13.9 Å². The lowest BCUT2D eigenvalue weighted by molar-refractivity contribution is -0.136. The largest absolute Gasteiger partial charge is 0.464 e. The van der Waals surface area contributed by atoms with Crippen molar-refractivity contribution >= 4 is 11.7 Å². The normalized spacial score (nSPS) is 14.9. The van der Waals surface area contributed by atoms with E-state index in [9.17, 15) is 9.18 Å². The lowest BCUT2D eigenvalue weighted by Crippen LogP contribution is -2.35. The molecule has 0 bridgehead atoms. The molecule has 5 nitrogen and oxygen atoms in total. The molecule has 1 aromatic rings. The summed E-state index contributed by atoms with van der Waals surface area (Å²) in [6, 6.07) is 5.87.